The van der Waals surface area contributed by atoms with E-state index < -0.39 is 17.5 Å². The van der Waals surface area contributed by atoms with Crippen molar-refractivity contribution < 1.29 is 14.0 Å². The number of fused-ring (bicyclic) bond motifs is 1. The summed E-state index contributed by atoms with van der Waals surface area (Å²) in [4.78, 5) is 29.0. The largest absolute Gasteiger partial charge is 0.300 e. The molecule has 0 bridgehead atoms. The Morgan fingerprint density at radius 3 is 2.80 bits per heavy atom. The zero-order valence-electron chi connectivity index (χ0n) is 10.1. The first kappa shape index (κ1) is 12.7. The Balaban J connectivity index is 2.02. The molecule has 20 heavy (non-hydrogen) atoms. The summed E-state index contributed by atoms with van der Waals surface area (Å²) in [5.41, 5.74) is 1.15. The van der Waals surface area contributed by atoms with Gasteiger partial charge < -0.3 is 4.90 Å². The highest BCUT2D eigenvalue weighted by molar-refractivity contribution is 6.52. The van der Waals surface area contributed by atoms with Crippen molar-refractivity contribution in [2.75, 3.05) is 4.90 Å². The van der Waals surface area contributed by atoms with E-state index in [0.717, 1.165) is 6.07 Å². The Kier molecular flexibility index (Phi) is 2.99. The number of carbonyl (C=O) groups is 2. The van der Waals surface area contributed by atoms with Gasteiger partial charge >= 0.3 is 0 Å². The lowest BCUT2D eigenvalue weighted by Gasteiger charge is -2.17. The zero-order valence-corrected chi connectivity index (χ0v) is 10.9. The van der Waals surface area contributed by atoms with E-state index in [0.29, 0.717) is 16.3 Å². The predicted molar refractivity (Wildman–Crippen MR) is 71.2 cm³/mol. The lowest BCUT2D eigenvalue weighted by molar-refractivity contribution is -0.114. The smallest absolute Gasteiger partial charge is 0.299 e. The van der Waals surface area contributed by atoms with Gasteiger partial charge in [0.1, 0.15) is 5.82 Å². The van der Waals surface area contributed by atoms with Crippen molar-refractivity contribution in [1.29, 1.82) is 0 Å². The molecule has 3 rings (SSSR count). The molecule has 6 heteroatoms. The minimum absolute atomic E-state index is 0.0835. The second kappa shape index (κ2) is 4.68. The van der Waals surface area contributed by atoms with E-state index in [1.807, 2.05) is 0 Å². The minimum Gasteiger partial charge on any atom is -0.300 e. The summed E-state index contributed by atoms with van der Waals surface area (Å²) in [7, 11) is 0. The van der Waals surface area contributed by atoms with Gasteiger partial charge in [-0.2, -0.15) is 0 Å². The van der Waals surface area contributed by atoms with Gasteiger partial charge in [0.2, 0.25) is 0 Å². The van der Waals surface area contributed by atoms with Crippen LogP contribution in [-0.2, 0) is 11.3 Å². The maximum atomic E-state index is 13.2. The maximum Gasteiger partial charge on any atom is 0.299 e. The lowest BCUT2D eigenvalue weighted by atomic mass is 10.1. The molecule has 100 valence electrons. The number of aromatic nitrogens is 1. The first-order chi connectivity index (χ1) is 9.58. The topological polar surface area (TPSA) is 50.3 Å². The van der Waals surface area contributed by atoms with Crippen LogP contribution in [0.2, 0.25) is 5.02 Å². The summed E-state index contributed by atoms with van der Waals surface area (Å²) in [6, 6.07) is 5.37. The summed E-state index contributed by atoms with van der Waals surface area (Å²) in [6.07, 6.45) is 3.01. The number of hydrogen-bond donors (Lipinski definition) is 0. The van der Waals surface area contributed by atoms with Gasteiger partial charge in [0.25, 0.3) is 11.7 Å². The number of pyridine rings is 1. The zero-order chi connectivity index (χ0) is 14.3. The SMILES string of the molecule is O=C1C(=O)N(Cc2ccncc2Cl)c2ccc(F)cc21. The van der Waals surface area contributed by atoms with Crippen LogP contribution in [0.15, 0.2) is 36.7 Å². The van der Waals surface area contributed by atoms with Crippen LogP contribution in [0.5, 0.6) is 0 Å². The molecule has 1 amide bonds. The molecule has 1 aliphatic rings. The molecule has 0 spiro atoms. The summed E-state index contributed by atoms with van der Waals surface area (Å²) < 4.78 is 13.2. The number of anilines is 1. The van der Waals surface area contributed by atoms with E-state index in [2.05, 4.69) is 4.98 Å². The van der Waals surface area contributed by atoms with Crippen LogP contribution in [-0.4, -0.2) is 16.7 Å². The second-order valence-electron chi connectivity index (χ2n) is 4.35. The first-order valence-corrected chi connectivity index (χ1v) is 6.20. The Morgan fingerprint density at radius 2 is 2.05 bits per heavy atom. The highest BCUT2D eigenvalue weighted by Crippen LogP contribution is 2.31. The molecule has 1 aromatic heterocycles. The fourth-order valence-electron chi connectivity index (χ4n) is 2.13. The third kappa shape index (κ3) is 1.96. The molecule has 0 unspecified atom stereocenters. The van der Waals surface area contributed by atoms with Gasteiger partial charge in [-0.15, -0.1) is 0 Å². The van der Waals surface area contributed by atoms with E-state index in [1.54, 1.807) is 12.3 Å². The Hall–Kier alpha value is -2.27. The molecule has 0 saturated carbocycles. The van der Waals surface area contributed by atoms with E-state index in [1.165, 1.54) is 23.2 Å². The molecule has 4 nitrogen and oxygen atoms in total. The summed E-state index contributed by atoms with van der Waals surface area (Å²) >= 11 is 5.99. The molecule has 1 aliphatic heterocycles. The fraction of sp³-hybridized carbons (Fsp3) is 0.0714. The molecule has 0 fully saturated rings. The molecule has 2 aromatic rings. The van der Waals surface area contributed by atoms with Crippen LogP contribution in [0.1, 0.15) is 15.9 Å². The first-order valence-electron chi connectivity index (χ1n) is 5.82. The van der Waals surface area contributed by atoms with Gasteiger partial charge in [-0.25, -0.2) is 4.39 Å². The highest BCUT2D eigenvalue weighted by atomic mass is 35.5. The quantitative estimate of drug-likeness (QED) is 0.799. The molecule has 2 heterocycles. The minimum atomic E-state index is -0.704. The van der Waals surface area contributed by atoms with Crippen LogP contribution in [0.25, 0.3) is 0 Å². The van der Waals surface area contributed by atoms with Crippen molar-refractivity contribution in [3.8, 4) is 0 Å². The Morgan fingerprint density at radius 1 is 1.25 bits per heavy atom. The van der Waals surface area contributed by atoms with Crippen LogP contribution in [0.4, 0.5) is 10.1 Å². The Labute approximate surface area is 118 Å². The van der Waals surface area contributed by atoms with Gasteiger partial charge in [-0.05, 0) is 29.8 Å². The van der Waals surface area contributed by atoms with E-state index >= 15 is 0 Å². The van der Waals surface area contributed by atoms with Crippen LogP contribution >= 0.6 is 11.6 Å². The van der Waals surface area contributed by atoms with Gasteiger partial charge in [-0.3, -0.25) is 14.6 Å². The lowest BCUT2D eigenvalue weighted by Crippen LogP contribution is -2.29. The molecule has 0 N–H and O–H groups in total. The van der Waals surface area contributed by atoms with Crippen molar-refractivity contribution in [3.63, 3.8) is 0 Å². The van der Waals surface area contributed by atoms with Gasteiger partial charge in [-0.1, -0.05) is 11.6 Å². The third-order valence-electron chi connectivity index (χ3n) is 3.12. The molecule has 0 saturated heterocycles. The summed E-state index contributed by atoms with van der Waals surface area (Å²) in [5, 5.41) is 0.406. The van der Waals surface area contributed by atoms with Gasteiger partial charge in [0.15, 0.2) is 0 Å². The normalized spacial score (nSPS) is 13.8. The molecular weight excluding hydrogens is 283 g/mol. The van der Waals surface area contributed by atoms with Crippen molar-refractivity contribution in [2.24, 2.45) is 0 Å². The standard InChI is InChI=1S/C14H8ClFN2O2/c15-11-6-17-4-3-8(11)7-18-12-2-1-9(16)5-10(12)13(19)14(18)20/h1-6H,7H2. The van der Waals surface area contributed by atoms with E-state index in [4.69, 9.17) is 11.6 Å². The van der Waals surface area contributed by atoms with Crippen LogP contribution < -0.4 is 4.90 Å². The number of nitrogens with zero attached hydrogens (tertiary/aromatic N) is 2. The molecule has 0 aliphatic carbocycles. The average Bonchev–Trinajstić information content (AvgIpc) is 2.66. The number of hydrogen-bond acceptors (Lipinski definition) is 3. The molecule has 1 aromatic carbocycles. The third-order valence-corrected chi connectivity index (χ3v) is 3.46. The number of ketones is 1. The van der Waals surface area contributed by atoms with Crippen molar-refractivity contribution in [3.05, 3.63) is 58.6 Å². The van der Waals surface area contributed by atoms with Crippen LogP contribution in [0.3, 0.4) is 0 Å². The average molecular weight is 291 g/mol. The monoisotopic (exact) mass is 290 g/mol. The molecular formula is C14H8ClFN2O2. The van der Waals surface area contributed by atoms with Crippen LogP contribution in [0, 0.1) is 5.82 Å². The number of Topliss-reactive ketones (excluding diaryl/α,β-unsaturated/α-hetero) is 1. The van der Waals surface area contributed by atoms with E-state index in [9.17, 15) is 14.0 Å². The van der Waals surface area contributed by atoms with Crippen molar-refractivity contribution >= 4 is 29.0 Å². The summed E-state index contributed by atoms with van der Waals surface area (Å²) in [5.74, 6) is -1.93. The number of carbonyl (C=O) groups excluding carboxylic acids is 2. The molecule has 0 atom stereocenters. The van der Waals surface area contributed by atoms with Crippen molar-refractivity contribution in [1.82, 2.24) is 4.98 Å². The maximum absolute atomic E-state index is 13.2. The van der Waals surface area contributed by atoms with Gasteiger partial charge in [0, 0.05) is 12.4 Å². The molecule has 0 radical (unpaired) electrons. The van der Waals surface area contributed by atoms with Crippen molar-refractivity contribution in [2.45, 2.75) is 6.54 Å². The van der Waals surface area contributed by atoms with Gasteiger partial charge in [0.05, 0.1) is 22.8 Å². The second-order valence-corrected chi connectivity index (χ2v) is 4.76. The Bertz CT molecular complexity index is 733. The van der Waals surface area contributed by atoms with E-state index in [-0.39, 0.29) is 12.1 Å². The number of amides is 1. The fourth-order valence-corrected chi connectivity index (χ4v) is 2.31. The predicted octanol–water partition coefficient (Wildman–Crippen LogP) is 2.60. The number of halogens is 2. The highest BCUT2D eigenvalue weighted by Gasteiger charge is 2.36. The summed E-state index contributed by atoms with van der Waals surface area (Å²) in [6.45, 7) is 0.143. The number of benzene rings is 1. The number of rotatable bonds is 2.